The van der Waals surface area contributed by atoms with Gasteiger partial charge in [-0.2, -0.15) is 0 Å². The predicted molar refractivity (Wildman–Crippen MR) is 78.3 cm³/mol. The number of rotatable bonds is 1. The van der Waals surface area contributed by atoms with E-state index in [1.54, 1.807) is 7.11 Å². The molecule has 0 fully saturated rings. The average Bonchev–Trinajstić information content (AvgIpc) is 2.71. The molecular weight excluding hydrogens is 331 g/mol. The minimum absolute atomic E-state index is 0.897. The van der Waals surface area contributed by atoms with Gasteiger partial charge in [-0.05, 0) is 53.6 Å². The van der Waals surface area contributed by atoms with Gasteiger partial charge < -0.3 is 9.72 Å². The van der Waals surface area contributed by atoms with Crippen molar-refractivity contribution in [2.24, 2.45) is 4.99 Å². The fourth-order valence-electron chi connectivity index (χ4n) is 2.41. The van der Waals surface area contributed by atoms with Crippen LogP contribution in [0.25, 0.3) is 10.9 Å². The van der Waals surface area contributed by atoms with Gasteiger partial charge in [0.2, 0.25) is 0 Å². The fraction of sp³-hybridized carbons (Fsp3) is 0.308. The Bertz CT molecular complexity index is 628. The van der Waals surface area contributed by atoms with E-state index in [4.69, 9.17) is 4.74 Å². The van der Waals surface area contributed by atoms with Gasteiger partial charge in [0.05, 0.1) is 27.6 Å². The summed E-state index contributed by atoms with van der Waals surface area (Å²) in [6.45, 7) is 2.96. The van der Waals surface area contributed by atoms with Crippen molar-refractivity contribution in [1.29, 1.82) is 0 Å². The number of hydrogen-bond donors (Lipinski definition) is 1. The van der Waals surface area contributed by atoms with Gasteiger partial charge in [0.1, 0.15) is 5.75 Å². The Morgan fingerprint density at radius 2 is 2.24 bits per heavy atom. The molecule has 0 radical (unpaired) electrons. The smallest absolute Gasteiger partial charge is 0.134 e. The van der Waals surface area contributed by atoms with Crippen LogP contribution >= 0.6 is 22.6 Å². The van der Waals surface area contributed by atoms with E-state index >= 15 is 0 Å². The second-order valence-electron chi connectivity index (χ2n) is 4.20. The number of aliphatic imine (C=N–C) groups is 1. The van der Waals surface area contributed by atoms with Crippen LogP contribution in [-0.4, -0.2) is 24.4 Å². The number of methoxy groups -OCH3 is 1. The van der Waals surface area contributed by atoms with E-state index in [9.17, 15) is 0 Å². The lowest BCUT2D eigenvalue weighted by atomic mass is 10.0. The van der Waals surface area contributed by atoms with Crippen molar-refractivity contribution in [2.75, 3.05) is 13.7 Å². The third kappa shape index (κ3) is 1.57. The van der Waals surface area contributed by atoms with Crippen LogP contribution < -0.4 is 4.74 Å². The Labute approximate surface area is 113 Å². The Hall–Kier alpha value is -1.04. The molecule has 0 saturated heterocycles. The standard InChI is InChI=1S/C13H13IN2O/c1-7-12-9(5-6-15-7)8-3-4-10(17-2)11(14)13(8)16-12/h3-4,16H,5-6H2,1-2H3/i14+4. The zero-order valence-corrected chi connectivity index (χ0v) is 12.0. The number of aromatic nitrogens is 1. The molecule has 0 aliphatic carbocycles. The summed E-state index contributed by atoms with van der Waals surface area (Å²) >= 11 is 2.33. The van der Waals surface area contributed by atoms with Crippen molar-refractivity contribution in [3.8, 4) is 5.75 Å². The number of nitrogens with zero attached hydrogens (tertiary/aromatic N) is 1. The third-order valence-corrected chi connectivity index (χ3v) is 4.35. The molecule has 4 heteroatoms. The highest BCUT2D eigenvalue weighted by Crippen LogP contribution is 2.33. The van der Waals surface area contributed by atoms with Crippen LogP contribution in [0.5, 0.6) is 5.75 Å². The van der Waals surface area contributed by atoms with Crippen molar-refractivity contribution < 1.29 is 4.74 Å². The van der Waals surface area contributed by atoms with Crippen LogP contribution in [0.15, 0.2) is 17.1 Å². The first-order valence-corrected chi connectivity index (χ1v) is 6.68. The van der Waals surface area contributed by atoms with E-state index in [-0.39, 0.29) is 0 Å². The number of hydrogen-bond acceptors (Lipinski definition) is 2. The molecular formula is C13H13IN2O. The topological polar surface area (TPSA) is 37.4 Å². The molecule has 1 aliphatic rings. The zero-order valence-electron chi connectivity index (χ0n) is 9.80. The molecule has 17 heavy (non-hydrogen) atoms. The molecule has 0 atom stereocenters. The number of halogens is 1. The molecule has 0 unspecified atom stereocenters. The number of nitrogens with one attached hydrogen (secondary N) is 1. The molecule has 1 aromatic carbocycles. The van der Waals surface area contributed by atoms with Gasteiger partial charge in [0, 0.05) is 11.9 Å². The van der Waals surface area contributed by atoms with Crippen molar-refractivity contribution >= 4 is 39.2 Å². The van der Waals surface area contributed by atoms with Gasteiger partial charge in [-0.15, -0.1) is 0 Å². The number of H-pyrrole nitrogens is 1. The second kappa shape index (κ2) is 4.01. The molecule has 88 valence electrons. The molecule has 3 rings (SSSR count). The Morgan fingerprint density at radius 3 is 3.00 bits per heavy atom. The number of benzene rings is 1. The molecule has 0 spiro atoms. The minimum atomic E-state index is 0.897. The average molecular weight is 344 g/mol. The first kappa shape index (κ1) is 11.1. The van der Waals surface area contributed by atoms with E-state index in [0.717, 1.165) is 28.0 Å². The molecule has 3 nitrogen and oxygen atoms in total. The molecule has 1 aliphatic heterocycles. The van der Waals surface area contributed by atoms with Crippen LogP contribution in [0.1, 0.15) is 18.2 Å². The lowest BCUT2D eigenvalue weighted by Gasteiger charge is -2.09. The summed E-state index contributed by atoms with van der Waals surface area (Å²) in [5.74, 6) is 0.922. The Balaban J connectivity index is 2.35. The molecule has 1 N–H and O–H groups in total. The SMILES string of the molecule is COc1ccc2c3c([nH]c2c1[131I])C(C)=NCC3. The minimum Gasteiger partial charge on any atom is -0.496 e. The highest BCUT2D eigenvalue weighted by atomic mass is 131. The first-order valence-electron chi connectivity index (χ1n) is 5.61. The van der Waals surface area contributed by atoms with Crippen molar-refractivity contribution in [3.05, 3.63) is 27.0 Å². The Morgan fingerprint density at radius 1 is 1.41 bits per heavy atom. The summed E-state index contributed by atoms with van der Waals surface area (Å²) in [5, 5.41) is 1.31. The maximum atomic E-state index is 5.35. The third-order valence-electron chi connectivity index (χ3n) is 3.28. The maximum absolute atomic E-state index is 5.35. The summed E-state index contributed by atoms with van der Waals surface area (Å²) in [4.78, 5) is 7.98. The summed E-state index contributed by atoms with van der Waals surface area (Å²) in [7, 11) is 1.71. The molecule has 0 saturated carbocycles. The molecule has 0 bridgehead atoms. The zero-order chi connectivity index (χ0) is 12.0. The lowest BCUT2D eigenvalue weighted by Crippen LogP contribution is -2.08. The summed E-state index contributed by atoms with van der Waals surface area (Å²) in [6.07, 6.45) is 1.02. The van der Waals surface area contributed by atoms with E-state index < -0.39 is 0 Å². The number of aromatic amines is 1. The number of fused-ring (bicyclic) bond motifs is 3. The van der Waals surface area contributed by atoms with Gasteiger partial charge in [-0.25, -0.2) is 0 Å². The van der Waals surface area contributed by atoms with Gasteiger partial charge in [-0.1, -0.05) is 0 Å². The Kier molecular flexibility index (Phi) is 2.61. The van der Waals surface area contributed by atoms with Crippen LogP contribution in [0, 0.1) is 3.57 Å². The van der Waals surface area contributed by atoms with Gasteiger partial charge in [0.15, 0.2) is 0 Å². The van der Waals surface area contributed by atoms with E-state index in [1.165, 1.54) is 22.2 Å². The summed E-state index contributed by atoms with van der Waals surface area (Å²) in [6, 6.07) is 4.18. The van der Waals surface area contributed by atoms with Crippen LogP contribution in [0.2, 0.25) is 0 Å². The normalized spacial score (nSPS) is 14.6. The van der Waals surface area contributed by atoms with E-state index in [2.05, 4.69) is 45.6 Å². The van der Waals surface area contributed by atoms with Gasteiger partial charge >= 0.3 is 0 Å². The van der Waals surface area contributed by atoms with Crippen molar-refractivity contribution in [3.63, 3.8) is 0 Å². The predicted octanol–water partition coefficient (Wildman–Crippen LogP) is 3.15. The highest BCUT2D eigenvalue weighted by molar-refractivity contribution is 14.1. The fourth-order valence-corrected chi connectivity index (χ4v) is 3.23. The lowest BCUT2D eigenvalue weighted by molar-refractivity contribution is 0.412. The maximum Gasteiger partial charge on any atom is 0.134 e. The van der Waals surface area contributed by atoms with E-state index in [1.807, 2.05) is 6.07 Å². The quantitative estimate of drug-likeness (QED) is 0.793. The van der Waals surface area contributed by atoms with Crippen molar-refractivity contribution in [2.45, 2.75) is 13.3 Å². The van der Waals surface area contributed by atoms with Crippen LogP contribution in [0.4, 0.5) is 0 Å². The van der Waals surface area contributed by atoms with Crippen LogP contribution in [-0.2, 0) is 6.42 Å². The molecule has 2 heterocycles. The largest absolute Gasteiger partial charge is 0.496 e. The molecule has 0 amide bonds. The van der Waals surface area contributed by atoms with E-state index in [0.29, 0.717) is 0 Å². The summed E-state index contributed by atoms with van der Waals surface area (Å²) < 4.78 is 6.50. The monoisotopic (exact) mass is 344 g/mol. The second-order valence-corrected chi connectivity index (χ2v) is 5.28. The van der Waals surface area contributed by atoms with Gasteiger partial charge in [-0.3, -0.25) is 4.99 Å². The highest BCUT2D eigenvalue weighted by Gasteiger charge is 2.19. The number of ether oxygens (including phenoxy) is 1. The first-order chi connectivity index (χ1) is 8.22. The molecule has 1 aromatic heterocycles. The summed E-state index contributed by atoms with van der Waals surface area (Å²) in [5.41, 5.74) is 4.87. The van der Waals surface area contributed by atoms with Crippen molar-refractivity contribution in [1.82, 2.24) is 4.98 Å². The molecule has 2 aromatic rings. The van der Waals surface area contributed by atoms with Gasteiger partial charge in [0.25, 0.3) is 0 Å². The van der Waals surface area contributed by atoms with Crippen LogP contribution in [0.3, 0.4) is 0 Å².